The summed E-state index contributed by atoms with van der Waals surface area (Å²) in [6.45, 7) is 10.5. The van der Waals surface area contributed by atoms with Crippen molar-refractivity contribution in [3.05, 3.63) is 35.2 Å². The third-order valence-corrected chi connectivity index (χ3v) is 4.96. The second-order valence-electron chi connectivity index (χ2n) is 6.58. The van der Waals surface area contributed by atoms with Crippen LogP contribution in [0.1, 0.15) is 63.4 Å². The van der Waals surface area contributed by atoms with E-state index in [1.165, 1.54) is 16.4 Å². The van der Waals surface area contributed by atoms with Gasteiger partial charge in [-0.2, -0.15) is 0 Å². The number of amides is 1. The third kappa shape index (κ3) is 4.54. The van der Waals surface area contributed by atoms with E-state index in [1.807, 2.05) is 6.92 Å². The Morgan fingerprint density at radius 1 is 1.20 bits per heavy atom. The number of hydrogen-bond acceptors (Lipinski definition) is 5. The predicted octanol–water partition coefficient (Wildman–Crippen LogP) is 3.53. The number of nitrogens with two attached hydrogens (primary N) is 1. The number of aryl methyl sites for hydroxylation is 1. The molecular formula is C18H27N5OS. The number of nitrogens with zero attached hydrogens (tertiary/aromatic N) is 3. The molecule has 3 N–H and O–H groups in total. The molecule has 0 saturated heterocycles. The van der Waals surface area contributed by atoms with Crippen molar-refractivity contribution in [2.75, 3.05) is 16.9 Å². The number of hydrogen-bond donors (Lipinski definition) is 2. The molecule has 1 aromatic carbocycles. The van der Waals surface area contributed by atoms with Crippen LogP contribution in [0.4, 0.5) is 5.69 Å². The fraction of sp³-hybridized carbons (Fsp3) is 0.500. The minimum Gasteiger partial charge on any atom is -0.336 e. The molecule has 7 heteroatoms. The van der Waals surface area contributed by atoms with Gasteiger partial charge in [0.15, 0.2) is 5.82 Å². The minimum absolute atomic E-state index is 0.0685. The van der Waals surface area contributed by atoms with E-state index in [2.05, 4.69) is 61.4 Å². The standard InChI is InChI=1S/C18H27N5OS/c1-6-15-21-22-18(23(15)19)25-10-16(24)20-17-13(11(2)3)8-7-9-14(17)12(4)5/h7-9,11-12H,6,10,19H2,1-5H3,(H,20,24). The van der Waals surface area contributed by atoms with Gasteiger partial charge in [0, 0.05) is 12.1 Å². The van der Waals surface area contributed by atoms with Crippen LogP contribution in [0.3, 0.4) is 0 Å². The molecule has 0 radical (unpaired) electrons. The lowest BCUT2D eigenvalue weighted by atomic mass is 9.92. The van der Waals surface area contributed by atoms with Crippen LogP contribution in [0, 0.1) is 0 Å². The van der Waals surface area contributed by atoms with E-state index in [4.69, 9.17) is 5.84 Å². The Morgan fingerprint density at radius 2 is 1.80 bits per heavy atom. The summed E-state index contributed by atoms with van der Waals surface area (Å²) in [5.41, 5.74) is 3.24. The summed E-state index contributed by atoms with van der Waals surface area (Å²) < 4.78 is 1.44. The second-order valence-corrected chi connectivity index (χ2v) is 7.52. The van der Waals surface area contributed by atoms with E-state index < -0.39 is 0 Å². The highest BCUT2D eigenvalue weighted by atomic mass is 32.2. The van der Waals surface area contributed by atoms with E-state index in [0.29, 0.717) is 29.2 Å². The number of thioether (sulfide) groups is 1. The molecule has 1 heterocycles. The summed E-state index contributed by atoms with van der Waals surface area (Å²) in [7, 11) is 0. The SMILES string of the molecule is CCc1nnc(SCC(=O)Nc2c(C(C)C)cccc2C(C)C)n1N. The number of aromatic nitrogens is 3. The largest absolute Gasteiger partial charge is 0.336 e. The molecule has 0 spiro atoms. The topological polar surface area (TPSA) is 85.8 Å². The van der Waals surface area contributed by atoms with Gasteiger partial charge in [-0.1, -0.05) is 64.6 Å². The monoisotopic (exact) mass is 361 g/mol. The van der Waals surface area contributed by atoms with Gasteiger partial charge in [0.25, 0.3) is 0 Å². The molecule has 25 heavy (non-hydrogen) atoms. The average molecular weight is 362 g/mol. The van der Waals surface area contributed by atoms with Gasteiger partial charge in [0.1, 0.15) is 0 Å². The maximum absolute atomic E-state index is 12.5. The normalized spacial score (nSPS) is 11.3. The van der Waals surface area contributed by atoms with Crippen molar-refractivity contribution in [2.24, 2.45) is 0 Å². The molecule has 1 amide bonds. The first-order valence-corrected chi connectivity index (χ1v) is 9.58. The summed E-state index contributed by atoms with van der Waals surface area (Å²) in [5.74, 6) is 7.46. The fourth-order valence-electron chi connectivity index (χ4n) is 2.65. The number of nitrogen functional groups attached to an aromatic ring is 1. The molecule has 1 aromatic heterocycles. The van der Waals surface area contributed by atoms with E-state index in [9.17, 15) is 4.79 Å². The Kier molecular flexibility index (Phi) is 6.47. The molecule has 0 aliphatic carbocycles. The van der Waals surface area contributed by atoms with Gasteiger partial charge < -0.3 is 11.2 Å². The summed E-state index contributed by atoms with van der Waals surface area (Å²) in [4.78, 5) is 12.5. The zero-order valence-electron chi connectivity index (χ0n) is 15.5. The molecule has 6 nitrogen and oxygen atoms in total. The molecule has 0 saturated carbocycles. The average Bonchev–Trinajstić information content (AvgIpc) is 2.92. The quantitative estimate of drug-likeness (QED) is 0.582. The lowest BCUT2D eigenvalue weighted by molar-refractivity contribution is -0.113. The zero-order chi connectivity index (χ0) is 18.6. The minimum atomic E-state index is -0.0685. The van der Waals surface area contributed by atoms with Crippen molar-refractivity contribution in [3.8, 4) is 0 Å². The molecular weight excluding hydrogens is 334 g/mol. The molecule has 2 rings (SSSR count). The van der Waals surface area contributed by atoms with Crippen molar-refractivity contribution in [2.45, 2.75) is 58.0 Å². The van der Waals surface area contributed by atoms with E-state index in [1.54, 1.807) is 0 Å². The van der Waals surface area contributed by atoms with Crippen LogP contribution in [-0.2, 0) is 11.2 Å². The summed E-state index contributed by atoms with van der Waals surface area (Å²) in [6, 6.07) is 6.20. The van der Waals surface area contributed by atoms with Crippen LogP contribution >= 0.6 is 11.8 Å². The Bertz CT molecular complexity index is 713. The molecule has 0 bridgehead atoms. The number of carbonyl (C=O) groups excluding carboxylic acids is 1. The maximum Gasteiger partial charge on any atom is 0.234 e. The van der Waals surface area contributed by atoms with Crippen LogP contribution < -0.4 is 11.2 Å². The van der Waals surface area contributed by atoms with Crippen molar-refractivity contribution < 1.29 is 4.79 Å². The first-order chi connectivity index (χ1) is 11.8. The Hall–Kier alpha value is -2.02. The highest BCUT2D eigenvalue weighted by Crippen LogP contribution is 2.32. The molecule has 0 unspecified atom stereocenters. The van der Waals surface area contributed by atoms with Crippen molar-refractivity contribution in [3.63, 3.8) is 0 Å². The highest BCUT2D eigenvalue weighted by molar-refractivity contribution is 7.99. The first-order valence-electron chi connectivity index (χ1n) is 8.59. The fourth-order valence-corrected chi connectivity index (χ4v) is 3.32. The van der Waals surface area contributed by atoms with E-state index >= 15 is 0 Å². The first kappa shape index (κ1) is 19.3. The van der Waals surface area contributed by atoms with Gasteiger partial charge in [-0.15, -0.1) is 10.2 Å². The van der Waals surface area contributed by atoms with Crippen LogP contribution in [0.5, 0.6) is 0 Å². The Balaban J connectivity index is 2.13. The lowest BCUT2D eigenvalue weighted by Crippen LogP contribution is -2.19. The lowest BCUT2D eigenvalue weighted by Gasteiger charge is -2.20. The Labute approximate surface area is 153 Å². The van der Waals surface area contributed by atoms with Gasteiger partial charge in [0.05, 0.1) is 5.75 Å². The zero-order valence-corrected chi connectivity index (χ0v) is 16.4. The molecule has 136 valence electrons. The van der Waals surface area contributed by atoms with Crippen LogP contribution in [0.2, 0.25) is 0 Å². The second kappa shape index (κ2) is 8.38. The van der Waals surface area contributed by atoms with Gasteiger partial charge in [0.2, 0.25) is 11.1 Å². The van der Waals surface area contributed by atoms with Crippen molar-refractivity contribution in [1.82, 2.24) is 14.9 Å². The highest BCUT2D eigenvalue weighted by Gasteiger charge is 2.17. The number of para-hydroxylation sites is 1. The van der Waals surface area contributed by atoms with Crippen molar-refractivity contribution in [1.29, 1.82) is 0 Å². The maximum atomic E-state index is 12.5. The summed E-state index contributed by atoms with van der Waals surface area (Å²) in [5, 5.41) is 11.7. The van der Waals surface area contributed by atoms with Gasteiger partial charge in [-0.3, -0.25) is 4.79 Å². The van der Waals surface area contributed by atoms with Gasteiger partial charge >= 0.3 is 0 Å². The molecule has 0 aliphatic rings. The molecule has 0 aliphatic heterocycles. The number of benzene rings is 1. The van der Waals surface area contributed by atoms with Crippen LogP contribution in [-0.4, -0.2) is 26.5 Å². The van der Waals surface area contributed by atoms with E-state index in [-0.39, 0.29) is 11.7 Å². The Morgan fingerprint density at radius 3 is 2.28 bits per heavy atom. The van der Waals surface area contributed by atoms with Gasteiger partial charge in [-0.05, 0) is 23.0 Å². The van der Waals surface area contributed by atoms with E-state index in [0.717, 1.165) is 16.8 Å². The predicted molar refractivity (Wildman–Crippen MR) is 104 cm³/mol. The van der Waals surface area contributed by atoms with Crippen LogP contribution in [0.25, 0.3) is 0 Å². The number of rotatable bonds is 7. The van der Waals surface area contributed by atoms with Crippen LogP contribution in [0.15, 0.2) is 23.4 Å². The number of anilines is 1. The van der Waals surface area contributed by atoms with Gasteiger partial charge in [-0.25, -0.2) is 4.68 Å². The molecule has 2 aromatic rings. The number of carbonyl (C=O) groups is 1. The molecule has 0 fully saturated rings. The summed E-state index contributed by atoms with van der Waals surface area (Å²) >= 11 is 1.29. The third-order valence-electron chi connectivity index (χ3n) is 4.02. The summed E-state index contributed by atoms with van der Waals surface area (Å²) in [6.07, 6.45) is 0.704. The smallest absolute Gasteiger partial charge is 0.234 e. The molecule has 0 atom stereocenters. The number of nitrogens with one attached hydrogen (secondary N) is 1. The van der Waals surface area contributed by atoms with Crippen molar-refractivity contribution >= 4 is 23.4 Å².